The van der Waals surface area contributed by atoms with Crippen LogP contribution >= 0.6 is 0 Å². The topological polar surface area (TPSA) is 56.3 Å². The number of ether oxygens (including phenoxy) is 2. The second kappa shape index (κ2) is 7.00. The van der Waals surface area contributed by atoms with E-state index in [1.165, 1.54) is 0 Å². The van der Waals surface area contributed by atoms with Gasteiger partial charge in [0.2, 0.25) is 5.88 Å². The Balaban J connectivity index is 1.81. The van der Waals surface area contributed by atoms with Crippen molar-refractivity contribution >= 4 is 11.5 Å². The summed E-state index contributed by atoms with van der Waals surface area (Å²) < 4.78 is 11.1. The summed E-state index contributed by atoms with van der Waals surface area (Å²) in [4.78, 5) is 8.61. The zero-order valence-corrected chi connectivity index (χ0v) is 13.9. The van der Waals surface area contributed by atoms with E-state index in [2.05, 4.69) is 15.3 Å². The monoisotopic (exact) mass is 321 g/mol. The lowest BCUT2D eigenvalue weighted by atomic mass is 10.1. The fraction of sp³-hybridized carbons (Fsp3) is 0.158. The van der Waals surface area contributed by atoms with E-state index >= 15 is 0 Å². The number of para-hydroxylation sites is 1. The summed E-state index contributed by atoms with van der Waals surface area (Å²) in [5.41, 5.74) is 3.15. The second-order valence-electron chi connectivity index (χ2n) is 5.40. The molecule has 0 saturated carbocycles. The summed E-state index contributed by atoms with van der Waals surface area (Å²) >= 11 is 0. The van der Waals surface area contributed by atoms with E-state index in [0.717, 1.165) is 28.3 Å². The molecule has 0 bridgehead atoms. The van der Waals surface area contributed by atoms with Gasteiger partial charge >= 0.3 is 0 Å². The van der Waals surface area contributed by atoms with Crippen LogP contribution in [0.15, 0.2) is 54.9 Å². The summed E-state index contributed by atoms with van der Waals surface area (Å²) in [5, 5.41) is 3.24. The molecule has 1 aromatic heterocycles. The van der Waals surface area contributed by atoms with Gasteiger partial charge in [-0.05, 0) is 43.2 Å². The van der Waals surface area contributed by atoms with Gasteiger partial charge in [0.05, 0.1) is 19.5 Å². The largest absolute Gasteiger partial charge is 0.496 e. The maximum atomic E-state index is 5.71. The molecular weight excluding hydrogens is 302 g/mol. The van der Waals surface area contributed by atoms with Gasteiger partial charge in [0, 0.05) is 11.8 Å². The van der Waals surface area contributed by atoms with Crippen LogP contribution in [0.3, 0.4) is 0 Å². The highest BCUT2D eigenvalue weighted by atomic mass is 16.5. The van der Waals surface area contributed by atoms with Gasteiger partial charge in [-0.1, -0.05) is 18.2 Å². The molecule has 5 heteroatoms. The summed E-state index contributed by atoms with van der Waals surface area (Å²) in [7, 11) is 1.67. The molecule has 3 rings (SSSR count). The van der Waals surface area contributed by atoms with Crippen LogP contribution < -0.4 is 14.8 Å². The Hall–Kier alpha value is -3.08. The molecule has 0 spiro atoms. The third-order valence-electron chi connectivity index (χ3n) is 3.69. The minimum absolute atomic E-state index is 0.432. The van der Waals surface area contributed by atoms with Crippen LogP contribution in [0.4, 0.5) is 11.5 Å². The van der Waals surface area contributed by atoms with Gasteiger partial charge in [-0.25, -0.2) is 0 Å². The number of aryl methyl sites for hydroxylation is 1. The molecule has 2 aromatic carbocycles. The van der Waals surface area contributed by atoms with E-state index in [4.69, 9.17) is 9.47 Å². The molecule has 1 heterocycles. The Morgan fingerprint density at radius 1 is 1.00 bits per heavy atom. The first-order valence-corrected chi connectivity index (χ1v) is 7.63. The van der Waals surface area contributed by atoms with Crippen LogP contribution in [-0.4, -0.2) is 17.1 Å². The third-order valence-corrected chi connectivity index (χ3v) is 3.69. The predicted octanol–water partition coefficient (Wildman–Crippen LogP) is 4.64. The zero-order chi connectivity index (χ0) is 16.9. The average molecular weight is 321 g/mol. The van der Waals surface area contributed by atoms with Gasteiger partial charge < -0.3 is 14.8 Å². The number of methoxy groups -OCH3 is 1. The van der Waals surface area contributed by atoms with E-state index in [1.54, 1.807) is 19.5 Å². The Morgan fingerprint density at radius 3 is 2.54 bits per heavy atom. The highest BCUT2D eigenvalue weighted by Gasteiger charge is 2.07. The van der Waals surface area contributed by atoms with Crippen LogP contribution in [0.5, 0.6) is 17.4 Å². The Bertz CT molecular complexity index is 835. The fourth-order valence-electron chi connectivity index (χ4n) is 2.33. The number of hydrogen-bond donors (Lipinski definition) is 1. The maximum absolute atomic E-state index is 5.71. The number of benzene rings is 2. The Kier molecular flexibility index (Phi) is 4.61. The van der Waals surface area contributed by atoms with E-state index in [9.17, 15) is 0 Å². The number of rotatable bonds is 5. The molecular formula is C19H19N3O2. The van der Waals surface area contributed by atoms with Gasteiger partial charge in [0.1, 0.15) is 11.5 Å². The van der Waals surface area contributed by atoms with E-state index in [1.807, 2.05) is 56.3 Å². The quantitative estimate of drug-likeness (QED) is 0.742. The zero-order valence-electron chi connectivity index (χ0n) is 13.9. The average Bonchev–Trinajstić information content (AvgIpc) is 2.59. The third kappa shape index (κ3) is 3.63. The molecule has 0 aliphatic heterocycles. The van der Waals surface area contributed by atoms with Gasteiger partial charge in [-0.3, -0.25) is 4.98 Å². The van der Waals surface area contributed by atoms with Crippen molar-refractivity contribution < 1.29 is 9.47 Å². The predicted molar refractivity (Wildman–Crippen MR) is 94.3 cm³/mol. The summed E-state index contributed by atoms with van der Waals surface area (Å²) in [6.07, 6.45) is 3.23. The number of anilines is 2. The summed E-state index contributed by atoms with van der Waals surface area (Å²) in [6.45, 7) is 4.08. The minimum atomic E-state index is 0.432. The molecule has 24 heavy (non-hydrogen) atoms. The molecule has 0 aliphatic rings. The molecule has 0 atom stereocenters. The summed E-state index contributed by atoms with van der Waals surface area (Å²) in [6, 6.07) is 13.5. The first kappa shape index (κ1) is 15.8. The second-order valence-corrected chi connectivity index (χ2v) is 5.40. The van der Waals surface area contributed by atoms with Crippen LogP contribution in [-0.2, 0) is 0 Å². The molecule has 0 radical (unpaired) electrons. The molecule has 122 valence electrons. The fourth-order valence-corrected chi connectivity index (χ4v) is 2.33. The van der Waals surface area contributed by atoms with Crippen molar-refractivity contribution in [2.24, 2.45) is 0 Å². The van der Waals surface area contributed by atoms with Crippen LogP contribution in [0, 0.1) is 13.8 Å². The molecule has 5 nitrogen and oxygen atoms in total. The number of hydrogen-bond acceptors (Lipinski definition) is 5. The van der Waals surface area contributed by atoms with E-state index in [-0.39, 0.29) is 0 Å². The highest BCUT2D eigenvalue weighted by molar-refractivity contribution is 5.61. The highest BCUT2D eigenvalue weighted by Crippen LogP contribution is 2.28. The van der Waals surface area contributed by atoms with Crippen LogP contribution in [0.1, 0.15) is 11.1 Å². The molecule has 0 aliphatic carbocycles. The SMILES string of the molecule is COc1cc(Nc2cncc(Oc3ccccc3)n2)cc(C)c1C. The van der Waals surface area contributed by atoms with Crippen molar-refractivity contribution in [1.29, 1.82) is 0 Å². The molecule has 0 amide bonds. The number of nitrogens with one attached hydrogen (secondary N) is 1. The van der Waals surface area contributed by atoms with Crippen LogP contribution in [0.25, 0.3) is 0 Å². The van der Waals surface area contributed by atoms with Crippen LogP contribution in [0.2, 0.25) is 0 Å². The first-order chi connectivity index (χ1) is 11.7. The lowest BCUT2D eigenvalue weighted by molar-refractivity contribution is 0.411. The van der Waals surface area contributed by atoms with E-state index in [0.29, 0.717) is 11.7 Å². The van der Waals surface area contributed by atoms with Gasteiger partial charge in [0.25, 0.3) is 0 Å². The normalized spacial score (nSPS) is 10.3. The lowest BCUT2D eigenvalue weighted by Crippen LogP contribution is -1.99. The molecule has 0 saturated heterocycles. The van der Waals surface area contributed by atoms with Gasteiger partial charge in [-0.15, -0.1) is 0 Å². The summed E-state index contributed by atoms with van der Waals surface area (Å²) in [5.74, 6) is 2.59. The molecule has 3 aromatic rings. The van der Waals surface area contributed by atoms with Crippen molar-refractivity contribution in [3.63, 3.8) is 0 Å². The Morgan fingerprint density at radius 2 is 1.79 bits per heavy atom. The van der Waals surface area contributed by atoms with Gasteiger partial charge in [-0.2, -0.15) is 4.98 Å². The maximum Gasteiger partial charge on any atom is 0.239 e. The lowest BCUT2D eigenvalue weighted by Gasteiger charge is -2.12. The molecule has 0 unspecified atom stereocenters. The van der Waals surface area contributed by atoms with Crippen molar-refractivity contribution in [3.05, 3.63) is 66.0 Å². The van der Waals surface area contributed by atoms with E-state index < -0.39 is 0 Å². The molecule has 1 N–H and O–H groups in total. The van der Waals surface area contributed by atoms with Crippen molar-refractivity contribution in [2.45, 2.75) is 13.8 Å². The molecule has 0 fully saturated rings. The number of aromatic nitrogens is 2. The van der Waals surface area contributed by atoms with Crippen molar-refractivity contribution in [2.75, 3.05) is 12.4 Å². The number of nitrogens with zero attached hydrogens (tertiary/aromatic N) is 2. The van der Waals surface area contributed by atoms with Crippen molar-refractivity contribution in [3.8, 4) is 17.4 Å². The first-order valence-electron chi connectivity index (χ1n) is 7.63. The smallest absolute Gasteiger partial charge is 0.239 e. The minimum Gasteiger partial charge on any atom is -0.496 e. The standard InChI is InChI=1S/C19H19N3O2/c1-13-9-15(10-17(23-3)14(13)2)21-18-11-20-12-19(22-18)24-16-7-5-4-6-8-16/h4-12H,1-3H3,(H,21,22). The van der Waals surface area contributed by atoms with Crippen molar-refractivity contribution in [1.82, 2.24) is 9.97 Å². The Labute approximate surface area is 141 Å². The van der Waals surface area contributed by atoms with Gasteiger partial charge in [0.15, 0.2) is 5.82 Å².